The number of hydrogen-bond donors (Lipinski definition) is 0. The Morgan fingerprint density at radius 2 is 2.38 bits per heavy atom. The Balaban J connectivity index is 3.21. The summed E-state index contributed by atoms with van der Waals surface area (Å²) in [4.78, 5) is 0. The number of hydrogen-bond acceptors (Lipinski definition) is 1. The predicted octanol–water partition coefficient (Wildman–Crippen LogP) is 1.13. The van der Waals surface area contributed by atoms with Gasteiger partial charge in [0.2, 0.25) is 0 Å². The minimum atomic E-state index is -1.94. The van der Waals surface area contributed by atoms with E-state index >= 15 is 0 Å². The molecule has 1 heterocycles. The van der Waals surface area contributed by atoms with E-state index < -0.39 is 9.52 Å². The smallest absolute Gasteiger partial charge is 0.0102 e. The van der Waals surface area contributed by atoms with Crippen molar-refractivity contribution in [2.45, 2.75) is 6.92 Å². The van der Waals surface area contributed by atoms with Gasteiger partial charge in [0.05, 0.1) is 0 Å². The van der Waals surface area contributed by atoms with Gasteiger partial charge >= 0.3 is 0 Å². The molecule has 0 aromatic rings. The van der Waals surface area contributed by atoms with Crippen molar-refractivity contribution in [1.82, 2.24) is 0 Å². The van der Waals surface area contributed by atoms with Crippen molar-refractivity contribution in [3.63, 3.8) is 0 Å². The van der Waals surface area contributed by atoms with Gasteiger partial charge in [-0.05, 0) is 23.8 Å². The van der Waals surface area contributed by atoms with Crippen molar-refractivity contribution < 1.29 is 4.21 Å². The average Bonchev–Trinajstić information content (AvgIpc) is 1.82. The van der Waals surface area contributed by atoms with E-state index in [0.29, 0.717) is 0 Å². The van der Waals surface area contributed by atoms with E-state index in [1.807, 2.05) is 13.0 Å². The van der Waals surface area contributed by atoms with Gasteiger partial charge in [0, 0.05) is 14.9 Å². The first-order valence-electron chi connectivity index (χ1n) is 2.34. The van der Waals surface area contributed by atoms with Crippen LogP contribution in [0, 0.1) is 0 Å². The van der Waals surface area contributed by atoms with Gasteiger partial charge in [0.1, 0.15) is 0 Å². The third-order valence-electron chi connectivity index (χ3n) is 0.947. The van der Waals surface area contributed by atoms with Crippen molar-refractivity contribution in [2.24, 2.45) is 0 Å². The number of rotatable bonds is 0. The molecule has 8 heavy (non-hydrogen) atoms. The molecule has 0 radical (unpaired) electrons. The summed E-state index contributed by atoms with van der Waals surface area (Å²) in [7, 11) is -1.94. The van der Waals surface area contributed by atoms with Crippen LogP contribution in [-0.2, 0) is 9.52 Å². The Labute approximate surface area is 49.7 Å². The second-order valence-corrected chi connectivity index (χ2v) is 4.01. The van der Waals surface area contributed by atoms with Crippen LogP contribution >= 0.6 is 0 Å². The molecule has 0 N–H and O–H groups in total. The summed E-state index contributed by atoms with van der Waals surface area (Å²) in [6.45, 7) is 1.91. The molecule has 1 aliphatic heterocycles. The standard InChI is InChI=1S/C6H8OS/c1-6-3-4-8(2,7)5-6/h3-5H,2H2,1H3. The molecule has 1 unspecified atom stereocenters. The monoisotopic (exact) mass is 128 g/mol. The van der Waals surface area contributed by atoms with Crippen molar-refractivity contribution in [2.75, 3.05) is 0 Å². The zero-order valence-corrected chi connectivity index (χ0v) is 5.57. The Morgan fingerprint density at radius 3 is 2.50 bits per heavy atom. The van der Waals surface area contributed by atoms with Gasteiger partial charge in [-0.15, -0.1) is 0 Å². The van der Waals surface area contributed by atoms with Gasteiger partial charge in [-0.1, -0.05) is 6.08 Å². The van der Waals surface area contributed by atoms with E-state index in [1.165, 1.54) is 0 Å². The van der Waals surface area contributed by atoms with Crippen LogP contribution in [0.1, 0.15) is 6.92 Å². The molecule has 0 saturated heterocycles. The summed E-state index contributed by atoms with van der Waals surface area (Å²) in [5.74, 6) is 3.48. The van der Waals surface area contributed by atoms with Crippen molar-refractivity contribution in [3.8, 4) is 0 Å². The molecule has 0 aliphatic carbocycles. The second-order valence-electron chi connectivity index (χ2n) is 1.94. The fourth-order valence-electron chi connectivity index (χ4n) is 0.616. The SMILES string of the molecule is C=S1(=O)C=CC(C)=C1. The van der Waals surface area contributed by atoms with Crippen LogP contribution in [0.2, 0.25) is 0 Å². The van der Waals surface area contributed by atoms with E-state index in [2.05, 4.69) is 5.87 Å². The lowest BCUT2D eigenvalue weighted by Crippen LogP contribution is -1.80. The van der Waals surface area contributed by atoms with Crippen molar-refractivity contribution in [1.29, 1.82) is 0 Å². The topological polar surface area (TPSA) is 17.1 Å². The maximum absolute atomic E-state index is 10.9. The van der Waals surface area contributed by atoms with E-state index in [4.69, 9.17) is 0 Å². The Kier molecular flexibility index (Phi) is 1.05. The zero-order chi connectivity index (χ0) is 6.20. The fraction of sp³-hybridized carbons (Fsp3) is 0.167. The van der Waals surface area contributed by atoms with Gasteiger partial charge < -0.3 is 0 Å². The highest BCUT2D eigenvalue weighted by molar-refractivity contribution is 8.05. The lowest BCUT2D eigenvalue weighted by Gasteiger charge is -1.83. The quantitative estimate of drug-likeness (QED) is 0.447. The minimum Gasteiger partial charge on any atom is -0.259 e. The summed E-state index contributed by atoms with van der Waals surface area (Å²) < 4.78 is 10.9. The third-order valence-corrected chi connectivity index (χ3v) is 2.31. The first-order valence-corrected chi connectivity index (χ1v) is 4.19. The normalized spacial score (nSPS) is 35.4. The van der Waals surface area contributed by atoms with E-state index in [9.17, 15) is 4.21 Å². The summed E-state index contributed by atoms with van der Waals surface area (Å²) in [6.07, 6.45) is 1.83. The molecule has 1 aliphatic rings. The van der Waals surface area contributed by atoms with Gasteiger partial charge in [-0.2, -0.15) is 0 Å². The van der Waals surface area contributed by atoms with Crippen LogP contribution in [0.5, 0.6) is 0 Å². The highest BCUT2D eigenvalue weighted by Crippen LogP contribution is 2.10. The Hall–Kier alpha value is -0.500. The van der Waals surface area contributed by atoms with E-state index in [0.717, 1.165) is 5.57 Å². The molecule has 0 saturated carbocycles. The molecule has 1 atom stereocenters. The maximum atomic E-state index is 10.9. The molecule has 0 aromatic carbocycles. The lowest BCUT2D eigenvalue weighted by atomic mass is 10.4. The first-order chi connectivity index (χ1) is 3.60. The van der Waals surface area contributed by atoms with Crippen molar-refractivity contribution in [3.05, 3.63) is 22.5 Å². The highest BCUT2D eigenvalue weighted by atomic mass is 32.2. The van der Waals surface area contributed by atoms with E-state index in [1.54, 1.807) is 10.8 Å². The van der Waals surface area contributed by atoms with Gasteiger partial charge in [0.25, 0.3) is 0 Å². The summed E-state index contributed by atoms with van der Waals surface area (Å²) in [6, 6.07) is 0. The first kappa shape index (κ1) is 5.63. The molecular weight excluding hydrogens is 120 g/mol. The van der Waals surface area contributed by atoms with Crippen LogP contribution in [0.15, 0.2) is 22.5 Å². The van der Waals surface area contributed by atoms with Crippen LogP contribution in [0.4, 0.5) is 0 Å². The van der Waals surface area contributed by atoms with Crippen LogP contribution in [0.25, 0.3) is 0 Å². The van der Waals surface area contributed by atoms with Crippen LogP contribution in [0.3, 0.4) is 0 Å². The van der Waals surface area contributed by atoms with Crippen LogP contribution < -0.4 is 0 Å². The Bertz CT molecular complexity index is 242. The van der Waals surface area contributed by atoms with Gasteiger partial charge in [-0.3, -0.25) is 4.21 Å². The maximum Gasteiger partial charge on any atom is 0.0102 e. The molecule has 1 rings (SSSR count). The summed E-state index contributed by atoms with van der Waals surface area (Å²) in [5.41, 5.74) is 1.05. The third kappa shape index (κ3) is 1.01. The largest absolute Gasteiger partial charge is 0.259 e. The van der Waals surface area contributed by atoms with Crippen LogP contribution in [-0.4, -0.2) is 10.1 Å². The summed E-state index contributed by atoms with van der Waals surface area (Å²) >= 11 is 0. The predicted molar refractivity (Wildman–Crippen MR) is 38.2 cm³/mol. The number of allylic oxidation sites excluding steroid dienone is 2. The fourth-order valence-corrected chi connectivity index (χ4v) is 1.85. The Morgan fingerprint density at radius 1 is 1.75 bits per heavy atom. The van der Waals surface area contributed by atoms with Crippen molar-refractivity contribution >= 4 is 15.4 Å². The zero-order valence-electron chi connectivity index (χ0n) is 4.76. The average molecular weight is 128 g/mol. The lowest BCUT2D eigenvalue weighted by molar-refractivity contribution is 0.692. The molecule has 2 heteroatoms. The molecule has 0 fully saturated rings. The summed E-state index contributed by atoms with van der Waals surface area (Å²) in [5, 5.41) is 3.33. The molecule has 1 nitrogen and oxygen atoms in total. The minimum absolute atomic E-state index is 1.05. The second kappa shape index (κ2) is 1.49. The molecule has 44 valence electrons. The molecule has 0 spiro atoms. The van der Waals surface area contributed by atoms with E-state index in [-0.39, 0.29) is 0 Å². The molecule has 0 aromatic heterocycles. The van der Waals surface area contributed by atoms with Gasteiger partial charge in [-0.25, -0.2) is 0 Å². The van der Waals surface area contributed by atoms with Gasteiger partial charge in [0.15, 0.2) is 0 Å². The molecule has 0 amide bonds. The molecule has 0 bridgehead atoms. The highest BCUT2D eigenvalue weighted by Gasteiger charge is 1.99. The molecular formula is C6H8OS.